The van der Waals surface area contributed by atoms with Crippen molar-refractivity contribution >= 4 is 17.4 Å². The topological polar surface area (TPSA) is 76.2 Å². The Morgan fingerprint density at radius 2 is 1.84 bits per heavy atom. The fourth-order valence-corrected chi connectivity index (χ4v) is 4.76. The number of rotatable bonds is 4. The van der Waals surface area contributed by atoms with Gasteiger partial charge in [-0.1, -0.05) is 24.1 Å². The molecule has 1 aliphatic carbocycles. The van der Waals surface area contributed by atoms with E-state index in [1.165, 1.54) is 17.7 Å². The molecule has 1 amide bonds. The van der Waals surface area contributed by atoms with Gasteiger partial charge in [0, 0.05) is 30.4 Å². The number of carbonyl (C=O) groups excluding carboxylic acids is 1. The normalized spacial score (nSPS) is 20.3. The van der Waals surface area contributed by atoms with Crippen molar-refractivity contribution < 1.29 is 9.18 Å². The van der Waals surface area contributed by atoms with E-state index in [1.54, 1.807) is 12.1 Å². The van der Waals surface area contributed by atoms with E-state index in [9.17, 15) is 9.18 Å². The molecule has 0 spiro atoms. The van der Waals surface area contributed by atoms with Crippen LogP contribution in [0.3, 0.4) is 0 Å². The minimum atomic E-state index is -0.282. The van der Waals surface area contributed by atoms with Crippen molar-refractivity contribution in [2.45, 2.75) is 45.3 Å². The molecular formula is C25H28FN5O. The second-order valence-corrected chi connectivity index (χ2v) is 8.84. The van der Waals surface area contributed by atoms with Gasteiger partial charge in [0.1, 0.15) is 23.2 Å². The number of hydrogen-bond acceptors (Lipinski definition) is 4. The zero-order valence-corrected chi connectivity index (χ0v) is 18.2. The first-order chi connectivity index (χ1) is 15.5. The van der Waals surface area contributed by atoms with Crippen LogP contribution in [0, 0.1) is 18.7 Å². The number of benzene rings is 2. The Morgan fingerprint density at radius 1 is 1.09 bits per heavy atom. The lowest BCUT2D eigenvalue weighted by Gasteiger charge is -2.31. The van der Waals surface area contributed by atoms with Gasteiger partial charge >= 0.3 is 0 Å². The minimum Gasteiger partial charge on any atom is -0.340 e. The lowest BCUT2D eigenvalue weighted by atomic mass is 10.0. The summed E-state index contributed by atoms with van der Waals surface area (Å²) in [5.41, 5.74) is 9.91. The number of halogens is 1. The number of nitrogens with one attached hydrogen (secondary N) is 1. The van der Waals surface area contributed by atoms with Gasteiger partial charge in [0.15, 0.2) is 0 Å². The highest BCUT2D eigenvalue weighted by molar-refractivity contribution is 5.81. The molecule has 3 N–H and O–H groups in total. The molecule has 1 fully saturated rings. The van der Waals surface area contributed by atoms with Crippen LogP contribution in [0.25, 0.3) is 11.3 Å². The summed E-state index contributed by atoms with van der Waals surface area (Å²) in [4.78, 5) is 19.9. The maximum absolute atomic E-state index is 13.5. The van der Waals surface area contributed by atoms with Crippen LogP contribution in [-0.2, 0) is 17.9 Å². The molecule has 2 heterocycles. The van der Waals surface area contributed by atoms with E-state index in [4.69, 9.17) is 10.7 Å². The Labute approximate surface area is 187 Å². The maximum atomic E-state index is 13.5. The first-order valence-electron chi connectivity index (χ1n) is 11.2. The summed E-state index contributed by atoms with van der Waals surface area (Å²) in [6.07, 6.45) is 2.80. The minimum absolute atomic E-state index is 0.0438. The summed E-state index contributed by atoms with van der Waals surface area (Å²) in [6, 6.07) is 14.5. The number of hydrogen-bond donors (Lipinski definition) is 2. The highest BCUT2D eigenvalue weighted by Crippen LogP contribution is 2.34. The van der Waals surface area contributed by atoms with Crippen molar-refractivity contribution in [3.05, 3.63) is 65.7 Å². The molecule has 32 heavy (non-hydrogen) atoms. The van der Waals surface area contributed by atoms with Crippen LogP contribution in [0.2, 0.25) is 0 Å². The third-order valence-corrected chi connectivity index (χ3v) is 6.60. The number of aryl methyl sites for hydroxylation is 1. The van der Waals surface area contributed by atoms with Crippen molar-refractivity contribution in [1.82, 2.24) is 14.5 Å². The summed E-state index contributed by atoms with van der Waals surface area (Å²) in [6.45, 7) is 3.77. The van der Waals surface area contributed by atoms with Gasteiger partial charge in [-0.3, -0.25) is 4.79 Å². The van der Waals surface area contributed by atoms with Gasteiger partial charge in [0.05, 0.1) is 12.5 Å². The second-order valence-electron chi connectivity index (χ2n) is 8.84. The Morgan fingerprint density at radius 3 is 2.53 bits per heavy atom. The maximum Gasteiger partial charge on any atom is 0.227 e. The van der Waals surface area contributed by atoms with Crippen LogP contribution in [0.1, 0.15) is 30.7 Å². The van der Waals surface area contributed by atoms with Crippen LogP contribution in [-0.4, -0.2) is 32.9 Å². The van der Waals surface area contributed by atoms with Gasteiger partial charge in [-0.05, 0) is 56.2 Å². The molecule has 166 valence electrons. The van der Waals surface area contributed by atoms with Crippen LogP contribution in [0.5, 0.6) is 0 Å². The number of amides is 1. The molecule has 2 aliphatic rings. The van der Waals surface area contributed by atoms with Gasteiger partial charge < -0.3 is 20.5 Å². The molecule has 0 saturated heterocycles. The summed E-state index contributed by atoms with van der Waals surface area (Å²) in [5, 5.41) is 3.51. The van der Waals surface area contributed by atoms with E-state index in [-0.39, 0.29) is 23.7 Å². The van der Waals surface area contributed by atoms with E-state index < -0.39 is 0 Å². The quantitative estimate of drug-likeness (QED) is 0.646. The fraction of sp³-hybridized carbons (Fsp3) is 0.360. The number of aromatic nitrogens is 2. The van der Waals surface area contributed by atoms with Crippen molar-refractivity contribution in [3.63, 3.8) is 0 Å². The van der Waals surface area contributed by atoms with Gasteiger partial charge in [0.2, 0.25) is 5.91 Å². The Kier molecular flexibility index (Phi) is 5.43. The molecule has 5 rings (SSSR count). The second kappa shape index (κ2) is 8.39. The number of carbonyl (C=O) groups is 1. The zero-order valence-electron chi connectivity index (χ0n) is 18.2. The predicted octanol–water partition coefficient (Wildman–Crippen LogP) is 4.21. The molecular weight excluding hydrogens is 405 g/mol. The monoisotopic (exact) mass is 433 g/mol. The standard InChI is InChI=1S/C25H28FN5O/c1-16-5-11-19(12-6-16)28-24-23(17-7-9-18(26)10-8-17)29-22-15-30(13-14-31(22)24)25(32)20-3-2-4-21(20)27/h5-12,20-21,28H,2-4,13-15,27H2,1H3/t20-,21?/m1/s1. The number of fused-ring (bicyclic) bond motifs is 1. The van der Waals surface area contributed by atoms with E-state index >= 15 is 0 Å². The van der Waals surface area contributed by atoms with Crippen molar-refractivity contribution in [2.24, 2.45) is 11.7 Å². The highest BCUT2D eigenvalue weighted by Gasteiger charge is 2.35. The molecule has 3 aromatic rings. The van der Waals surface area contributed by atoms with E-state index in [0.717, 1.165) is 47.8 Å². The van der Waals surface area contributed by atoms with Crippen LogP contribution < -0.4 is 11.1 Å². The van der Waals surface area contributed by atoms with Crippen molar-refractivity contribution in [1.29, 1.82) is 0 Å². The molecule has 1 aliphatic heterocycles. The summed E-state index contributed by atoms with van der Waals surface area (Å²) >= 11 is 0. The molecule has 2 aromatic carbocycles. The predicted molar refractivity (Wildman–Crippen MR) is 123 cm³/mol. The van der Waals surface area contributed by atoms with E-state index in [2.05, 4.69) is 28.9 Å². The van der Waals surface area contributed by atoms with Crippen LogP contribution in [0.15, 0.2) is 48.5 Å². The van der Waals surface area contributed by atoms with Gasteiger partial charge in [0.25, 0.3) is 0 Å². The van der Waals surface area contributed by atoms with Crippen molar-refractivity contribution in [3.8, 4) is 11.3 Å². The number of anilines is 2. The largest absolute Gasteiger partial charge is 0.340 e. The first kappa shape index (κ1) is 20.7. The number of nitrogens with two attached hydrogens (primary N) is 1. The fourth-order valence-electron chi connectivity index (χ4n) is 4.76. The molecule has 0 radical (unpaired) electrons. The average Bonchev–Trinajstić information content (AvgIpc) is 3.38. The highest BCUT2D eigenvalue weighted by atomic mass is 19.1. The molecule has 6 nitrogen and oxygen atoms in total. The Hall–Kier alpha value is -3.19. The summed E-state index contributed by atoms with van der Waals surface area (Å²) in [5.74, 6) is 1.46. The van der Waals surface area contributed by atoms with Gasteiger partial charge in [-0.2, -0.15) is 0 Å². The molecule has 7 heteroatoms. The SMILES string of the molecule is Cc1ccc(Nc2c(-c3ccc(F)cc3)nc3n2CCN(C(=O)[C@@H]2CCCC2N)C3)cc1. The number of nitrogens with zero attached hydrogens (tertiary/aromatic N) is 3. The molecule has 2 atom stereocenters. The lowest BCUT2D eigenvalue weighted by Crippen LogP contribution is -2.45. The zero-order chi connectivity index (χ0) is 22.2. The smallest absolute Gasteiger partial charge is 0.227 e. The molecule has 1 saturated carbocycles. The van der Waals surface area contributed by atoms with E-state index in [1.807, 2.05) is 17.0 Å². The molecule has 1 unspecified atom stereocenters. The van der Waals surface area contributed by atoms with Gasteiger partial charge in [-0.15, -0.1) is 0 Å². The third-order valence-electron chi connectivity index (χ3n) is 6.60. The van der Waals surface area contributed by atoms with Crippen LogP contribution >= 0.6 is 0 Å². The first-order valence-corrected chi connectivity index (χ1v) is 11.2. The third kappa shape index (κ3) is 3.88. The summed E-state index contributed by atoms with van der Waals surface area (Å²) < 4.78 is 15.7. The van der Waals surface area contributed by atoms with Crippen LogP contribution in [0.4, 0.5) is 15.9 Å². The summed E-state index contributed by atoms with van der Waals surface area (Å²) in [7, 11) is 0. The average molecular weight is 434 g/mol. The van der Waals surface area contributed by atoms with Crippen molar-refractivity contribution in [2.75, 3.05) is 11.9 Å². The Balaban J connectivity index is 1.49. The Bertz CT molecular complexity index is 1120. The van der Waals surface area contributed by atoms with Gasteiger partial charge in [-0.25, -0.2) is 9.37 Å². The number of imidazole rings is 1. The lowest BCUT2D eigenvalue weighted by molar-refractivity contribution is -0.137. The van der Waals surface area contributed by atoms with E-state index in [0.29, 0.717) is 19.6 Å². The molecule has 1 aromatic heterocycles. The molecule has 0 bridgehead atoms.